The van der Waals surface area contributed by atoms with Gasteiger partial charge in [-0.3, -0.25) is 9.59 Å². The van der Waals surface area contributed by atoms with Crippen LogP contribution in [0.1, 0.15) is 24.4 Å². The Morgan fingerprint density at radius 1 is 1.39 bits per heavy atom. The van der Waals surface area contributed by atoms with Gasteiger partial charge >= 0.3 is 5.97 Å². The number of fused-ring (bicyclic) bond motifs is 1. The molecule has 0 spiro atoms. The van der Waals surface area contributed by atoms with Crippen molar-refractivity contribution in [2.45, 2.75) is 27.2 Å². The molecule has 0 saturated carbocycles. The molecule has 0 aliphatic carbocycles. The average Bonchev–Trinajstić information content (AvgIpc) is 2.93. The van der Waals surface area contributed by atoms with Crippen molar-refractivity contribution in [1.82, 2.24) is 4.98 Å². The maximum Gasteiger partial charge on any atom is 0.308 e. The lowest BCUT2D eigenvalue weighted by Crippen LogP contribution is -2.08. The number of nitrogens with zero attached hydrogens (tertiary/aromatic N) is 1. The molecule has 118 valence electrons. The van der Waals surface area contributed by atoms with Crippen molar-refractivity contribution in [3.63, 3.8) is 0 Å². The van der Waals surface area contributed by atoms with Gasteiger partial charge in [-0.15, -0.1) is 11.3 Å². The summed E-state index contributed by atoms with van der Waals surface area (Å²) in [4.78, 5) is 28.3. The molecule has 3 rings (SSSR count). The van der Waals surface area contributed by atoms with Gasteiger partial charge in [-0.25, -0.2) is 4.98 Å². The highest BCUT2D eigenvalue weighted by Crippen LogP contribution is 2.27. The van der Waals surface area contributed by atoms with Crippen LogP contribution in [0.5, 0.6) is 5.75 Å². The zero-order chi connectivity index (χ0) is 16.6. The number of hydrogen-bond acceptors (Lipinski definition) is 6. The lowest BCUT2D eigenvalue weighted by atomic mass is 10.1. The summed E-state index contributed by atoms with van der Waals surface area (Å²) in [6.07, 6.45) is 2.04. The second-order valence-electron chi connectivity index (χ2n) is 5.13. The molecule has 5 nitrogen and oxygen atoms in total. The number of thiazole rings is 1. The first-order valence-electron chi connectivity index (χ1n) is 7.19. The van der Waals surface area contributed by atoms with E-state index in [1.165, 1.54) is 24.5 Å². The summed E-state index contributed by atoms with van der Waals surface area (Å²) >= 11 is 1.48. The topological polar surface area (TPSA) is 69.4 Å². The maximum atomic E-state index is 12.7. The first kappa shape index (κ1) is 15.4. The number of rotatable bonds is 3. The van der Waals surface area contributed by atoms with Crippen LogP contribution in [0.3, 0.4) is 0 Å². The molecule has 0 radical (unpaired) electrons. The number of carbonyl (C=O) groups is 1. The van der Waals surface area contributed by atoms with Gasteiger partial charge in [-0.1, -0.05) is 6.92 Å². The second kappa shape index (κ2) is 5.96. The predicted octanol–water partition coefficient (Wildman–Crippen LogP) is 3.71. The summed E-state index contributed by atoms with van der Waals surface area (Å²) in [5, 5.41) is 3.18. The van der Waals surface area contributed by atoms with E-state index >= 15 is 0 Å². The molecule has 0 saturated heterocycles. The van der Waals surface area contributed by atoms with Crippen LogP contribution in [-0.2, 0) is 11.2 Å². The van der Waals surface area contributed by atoms with Crippen LogP contribution in [0.15, 0.2) is 33.0 Å². The third-order valence-corrected chi connectivity index (χ3v) is 4.26. The number of aryl methyl sites for hydroxylation is 2. The van der Waals surface area contributed by atoms with Gasteiger partial charge in [0.1, 0.15) is 17.6 Å². The van der Waals surface area contributed by atoms with Gasteiger partial charge in [-0.05, 0) is 25.0 Å². The third-order valence-electron chi connectivity index (χ3n) is 3.49. The van der Waals surface area contributed by atoms with Gasteiger partial charge in [0.25, 0.3) is 0 Å². The fourth-order valence-corrected chi connectivity index (χ4v) is 3.00. The molecular formula is C17H15NO4S. The van der Waals surface area contributed by atoms with E-state index in [0.29, 0.717) is 34.4 Å². The smallest absolute Gasteiger partial charge is 0.308 e. The summed E-state index contributed by atoms with van der Waals surface area (Å²) < 4.78 is 10.8. The van der Waals surface area contributed by atoms with Gasteiger partial charge in [0.2, 0.25) is 5.43 Å². The Morgan fingerprint density at radius 3 is 2.78 bits per heavy atom. The van der Waals surface area contributed by atoms with Crippen LogP contribution in [0.25, 0.3) is 22.2 Å². The molecule has 0 N–H and O–H groups in total. The van der Waals surface area contributed by atoms with Crippen molar-refractivity contribution in [1.29, 1.82) is 0 Å². The first-order valence-corrected chi connectivity index (χ1v) is 8.07. The van der Waals surface area contributed by atoms with Crippen molar-refractivity contribution in [3.8, 4) is 17.0 Å². The molecule has 0 aliphatic rings. The van der Waals surface area contributed by atoms with E-state index in [1.54, 1.807) is 12.1 Å². The molecule has 0 bridgehead atoms. The lowest BCUT2D eigenvalue weighted by molar-refractivity contribution is -0.131. The standard InChI is InChI=1S/C17H15NO4S/c1-4-11-5-12-16(6-15(11)22-10(3)19)21-7-13(17(12)20)14-8-23-9(2)18-14/h5-8H,4H2,1-3H3. The van der Waals surface area contributed by atoms with Crippen LogP contribution >= 0.6 is 11.3 Å². The molecule has 2 aromatic heterocycles. The van der Waals surface area contributed by atoms with E-state index < -0.39 is 5.97 Å². The first-order chi connectivity index (χ1) is 11.0. The number of benzene rings is 1. The highest BCUT2D eigenvalue weighted by molar-refractivity contribution is 7.09. The molecule has 23 heavy (non-hydrogen) atoms. The molecule has 0 fully saturated rings. The van der Waals surface area contributed by atoms with Crippen LogP contribution in [-0.4, -0.2) is 11.0 Å². The molecule has 0 amide bonds. The quantitative estimate of drug-likeness (QED) is 0.541. The summed E-state index contributed by atoms with van der Waals surface area (Å²) in [5.41, 5.74) is 2.08. The van der Waals surface area contributed by atoms with Crippen LogP contribution in [0.4, 0.5) is 0 Å². The van der Waals surface area contributed by atoms with E-state index in [0.717, 1.165) is 10.6 Å². The summed E-state index contributed by atoms with van der Waals surface area (Å²) in [7, 11) is 0. The molecule has 0 aliphatic heterocycles. The monoisotopic (exact) mass is 329 g/mol. The van der Waals surface area contributed by atoms with E-state index in [4.69, 9.17) is 9.15 Å². The van der Waals surface area contributed by atoms with Gasteiger partial charge in [0, 0.05) is 18.4 Å². The Labute approximate surface area is 136 Å². The highest BCUT2D eigenvalue weighted by Gasteiger charge is 2.15. The van der Waals surface area contributed by atoms with Crippen molar-refractivity contribution in [2.75, 3.05) is 0 Å². The zero-order valence-electron chi connectivity index (χ0n) is 13.0. The maximum absolute atomic E-state index is 12.7. The molecule has 2 heterocycles. The normalized spacial score (nSPS) is 10.9. The largest absolute Gasteiger partial charge is 0.463 e. The highest BCUT2D eigenvalue weighted by atomic mass is 32.1. The molecule has 6 heteroatoms. The second-order valence-corrected chi connectivity index (χ2v) is 6.20. The van der Waals surface area contributed by atoms with E-state index in [1.807, 2.05) is 19.2 Å². The number of esters is 1. The van der Waals surface area contributed by atoms with Gasteiger partial charge in [0.05, 0.1) is 21.7 Å². The van der Waals surface area contributed by atoms with E-state index in [-0.39, 0.29) is 5.43 Å². The molecule has 0 unspecified atom stereocenters. The molecule has 3 aromatic rings. The van der Waals surface area contributed by atoms with Crippen LogP contribution < -0.4 is 10.2 Å². The van der Waals surface area contributed by atoms with Crippen molar-refractivity contribution in [3.05, 3.63) is 44.6 Å². The van der Waals surface area contributed by atoms with Crippen LogP contribution in [0.2, 0.25) is 0 Å². The molecular weight excluding hydrogens is 314 g/mol. The van der Waals surface area contributed by atoms with Crippen molar-refractivity contribution < 1.29 is 13.9 Å². The minimum absolute atomic E-state index is 0.138. The van der Waals surface area contributed by atoms with Crippen molar-refractivity contribution >= 4 is 28.3 Å². The Morgan fingerprint density at radius 2 is 2.17 bits per heavy atom. The van der Waals surface area contributed by atoms with Crippen LogP contribution in [0, 0.1) is 6.92 Å². The number of aromatic nitrogens is 1. The zero-order valence-corrected chi connectivity index (χ0v) is 13.8. The number of hydrogen-bond donors (Lipinski definition) is 0. The molecule has 1 aromatic carbocycles. The summed E-state index contributed by atoms with van der Waals surface area (Å²) in [6, 6.07) is 3.31. The Kier molecular flexibility index (Phi) is 4.00. The Bertz CT molecular complexity index is 955. The summed E-state index contributed by atoms with van der Waals surface area (Å²) in [5.74, 6) is 0.0175. The minimum Gasteiger partial charge on any atom is -0.463 e. The minimum atomic E-state index is -0.407. The Balaban J connectivity index is 2.21. The van der Waals surface area contributed by atoms with Gasteiger partial charge in [-0.2, -0.15) is 0 Å². The average molecular weight is 329 g/mol. The van der Waals surface area contributed by atoms with E-state index in [2.05, 4.69) is 4.98 Å². The van der Waals surface area contributed by atoms with Gasteiger partial charge in [0.15, 0.2) is 0 Å². The SMILES string of the molecule is CCc1cc2c(=O)c(-c3csc(C)n3)coc2cc1OC(C)=O. The number of ether oxygens (including phenoxy) is 1. The van der Waals surface area contributed by atoms with E-state index in [9.17, 15) is 9.59 Å². The molecule has 0 atom stereocenters. The number of carbonyl (C=O) groups excluding carboxylic acids is 1. The predicted molar refractivity (Wildman–Crippen MR) is 89.0 cm³/mol. The van der Waals surface area contributed by atoms with Crippen molar-refractivity contribution in [2.24, 2.45) is 0 Å². The lowest BCUT2D eigenvalue weighted by Gasteiger charge is -2.09. The van der Waals surface area contributed by atoms with Gasteiger partial charge < -0.3 is 9.15 Å². The fraction of sp³-hybridized carbons (Fsp3) is 0.235. The Hall–Kier alpha value is -2.47. The summed E-state index contributed by atoms with van der Waals surface area (Å²) in [6.45, 7) is 5.16. The third kappa shape index (κ3) is 2.90. The fourth-order valence-electron chi connectivity index (χ4n) is 2.39.